The first-order chi connectivity index (χ1) is 8.31. The lowest BCUT2D eigenvalue weighted by Crippen LogP contribution is -2.47. The van der Waals surface area contributed by atoms with E-state index in [2.05, 4.69) is 10.3 Å². The predicted molar refractivity (Wildman–Crippen MR) is 71.8 cm³/mol. The van der Waals surface area contributed by atoms with E-state index in [-0.39, 0.29) is 12.5 Å². The second-order valence-corrected chi connectivity index (χ2v) is 4.97. The van der Waals surface area contributed by atoms with Gasteiger partial charge >= 0.3 is 0 Å². The highest BCUT2D eigenvalue weighted by atomic mass is 16.3. The summed E-state index contributed by atoms with van der Waals surface area (Å²) in [5, 5.41) is 12.2. The van der Waals surface area contributed by atoms with Gasteiger partial charge in [-0.1, -0.05) is 0 Å². The summed E-state index contributed by atoms with van der Waals surface area (Å²) in [5.41, 5.74) is 0.755. The fourth-order valence-electron chi connectivity index (χ4n) is 1.49. The zero-order valence-corrected chi connectivity index (χ0v) is 11.6. The Bertz CT molecular complexity index is 444. The Hall–Kier alpha value is -1.62. The smallest absolute Gasteiger partial charge is 0.254 e. The topological polar surface area (TPSA) is 65.5 Å². The first-order valence-corrected chi connectivity index (χ1v) is 5.87. The molecule has 1 aromatic heterocycles. The molecule has 18 heavy (non-hydrogen) atoms. The van der Waals surface area contributed by atoms with Crippen molar-refractivity contribution in [3.05, 3.63) is 23.4 Å². The third-order valence-corrected chi connectivity index (χ3v) is 3.06. The Morgan fingerprint density at radius 3 is 2.61 bits per heavy atom. The number of aliphatic hydroxyl groups is 1. The predicted octanol–water partition coefficient (Wildman–Crippen LogP) is 1.27. The van der Waals surface area contributed by atoms with Crippen LogP contribution >= 0.6 is 0 Å². The summed E-state index contributed by atoms with van der Waals surface area (Å²) >= 11 is 0. The molecule has 0 bridgehead atoms. The van der Waals surface area contributed by atoms with E-state index in [1.165, 1.54) is 0 Å². The van der Waals surface area contributed by atoms with Gasteiger partial charge in [-0.3, -0.25) is 4.79 Å². The van der Waals surface area contributed by atoms with E-state index in [9.17, 15) is 9.90 Å². The molecule has 5 nitrogen and oxygen atoms in total. The van der Waals surface area contributed by atoms with Gasteiger partial charge in [-0.25, -0.2) is 4.98 Å². The monoisotopic (exact) mass is 251 g/mol. The Morgan fingerprint density at radius 2 is 2.11 bits per heavy atom. The standard InChI is InChI=1S/C13H21N3O2/c1-9-6-10(7-11(14-4)15-9)12(18)16(5)13(2,3)8-17/h6-7,17H,8H2,1-5H3,(H,14,15). The Balaban J connectivity index is 3.07. The molecule has 0 aliphatic carbocycles. The lowest BCUT2D eigenvalue weighted by molar-refractivity contribution is 0.0473. The van der Waals surface area contributed by atoms with Gasteiger partial charge in [0.15, 0.2) is 0 Å². The fraction of sp³-hybridized carbons (Fsp3) is 0.538. The largest absolute Gasteiger partial charge is 0.394 e. The number of carbonyl (C=O) groups excluding carboxylic acids is 1. The van der Waals surface area contributed by atoms with Crippen LogP contribution in [0.2, 0.25) is 0 Å². The van der Waals surface area contributed by atoms with Gasteiger partial charge in [0.2, 0.25) is 0 Å². The van der Waals surface area contributed by atoms with Gasteiger partial charge in [-0.15, -0.1) is 0 Å². The summed E-state index contributed by atoms with van der Waals surface area (Å²) < 4.78 is 0. The van der Waals surface area contributed by atoms with Crippen LogP contribution in [0, 0.1) is 6.92 Å². The second-order valence-electron chi connectivity index (χ2n) is 4.97. The summed E-state index contributed by atoms with van der Waals surface area (Å²) in [4.78, 5) is 18.1. The molecule has 0 radical (unpaired) electrons. The number of hydrogen-bond acceptors (Lipinski definition) is 4. The highest BCUT2D eigenvalue weighted by Gasteiger charge is 2.27. The van der Waals surface area contributed by atoms with Gasteiger partial charge in [0, 0.05) is 25.4 Å². The van der Waals surface area contributed by atoms with E-state index in [0.29, 0.717) is 11.4 Å². The number of likely N-dealkylation sites (N-methyl/N-ethyl adjacent to an activating group) is 1. The molecule has 1 aromatic rings. The zero-order valence-electron chi connectivity index (χ0n) is 11.6. The van der Waals surface area contributed by atoms with Crippen molar-refractivity contribution in [3.63, 3.8) is 0 Å². The van der Waals surface area contributed by atoms with Crippen molar-refractivity contribution >= 4 is 11.7 Å². The van der Waals surface area contributed by atoms with Gasteiger partial charge in [-0.2, -0.15) is 0 Å². The minimum atomic E-state index is -0.589. The highest BCUT2D eigenvalue weighted by molar-refractivity contribution is 5.95. The molecule has 100 valence electrons. The van der Waals surface area contributed by atoms with Crippen LogP contribution in [0.15, 0.2) is 12.1 Å². The van der Waals surface area contributed by atoms with Crippen LogP contribution in [-0.2, 0) is 0 Å². The van der Waals surface area contributed by atoms with Crippen LogP contribution in [0.1, 0.15) is 29.9 Å². The maximum absolute atomic E-state index is 12.3. The molecule has 0 aromatic carbocycles. The Kier molecular flexibility index (Phi) is 4.29. The van der Waals surface area contributed by atoms with Crippen molar-refractivity contribution < 1.29 is 9.90 Å². The SMILES string of the molecule is CNc1cc(C(=O)N(C)C(C)(C)CO)cc(C)n1. The molecule has 0 aliphatic heterocycles. The number of aryl methyl sites for hydroxylation is 1. The van der Waals surface area contributed by atoms with Crippen molar-refractivity contribution in [3.8, 4) is 0 Å². The van der Waals surface area contributed by atoms with Crippen molar-refractivity contribution in [2.75, 3.05) is 26.0 Å². The number of carbonyl (C=O) groups is 1. The maximum atomic E-state index is 12.3. The van der Waals surface area contributed by atoms with Crippen molar-refractivity contribution in [1.82, 2.24) is 9.88 Å². The molecule has 0 saturated carbocycles. The van der Waals surface area contributed by atoms with Crippen LogP contribution in [-0.4, -0.2) is 47.1 Å². The average molecular weight is 251 g/mol. The first-order valence-electron chi connectivity index (χ1n) is 5.87. The van der Waals surface area contributed by atoms with E-state index in [0.717, 1.165) is 5.69 Å². The van der Waals surface area contributed by atoms with Crippen molar-refractivity contribution in [2.24, 2.45) is 0 Å². The molecule has 5 heteroatoms. The van der Waals surface area contributed by atoms with Crippen LogP contribution in [0.3, 0.4) is 0 Å². The first kappa shape index (κ1) is 14.4. The molecule has 0 fully saturated rings. The summed E-state index contributed by atoms with van der Waals surface area (Å²) in [7, 11) is 3.45. The highest BCUT2D eigenvalue weighted by Crippen LogP contribution is 2.17. The van der Waals surface area contributed by atoms with Crippen LogP contribution in [0.25, 0.3) is 0 Å². The van der Waals surface area contributed by atoms with Crippen LogP contribution < -0.4 is 5.32 Å². The fourth-order valence-corrected chi connectivity index (χ4v) is 1.49. The van der Waals surface area contributed by atoms with Crippen LogP contribution in [0.5, 0.6) is 0 Å². The van der Waals surface area contributed by atoms with Crippen molar-refractivity contribution in [1.29, 1.82) is 0 Å². The van der Waals surface area contributed by atoms with Gasteiger partial charge < -0.3 is 15.3 Å². The number of aromatic nitrogens is 1. The third kappa shape index (κ3) is 2.98. The summed E-state index contributed by atoms with van der Waals surface area (Å²) in [6, 6.07) is 3.45. The normalized spacial score (nSPS) is 11.2. The molecule has 0 atom stereocenters. The average Bonchev–Trinajstić information content (AvgIpc) is 2.36. The number of aliphatic hydroxyl groups excluding tert-OH is 1. The van der Waals surface area contributed by atoms with Crippen LogP contribution in [0.4, 0.5) is 5.82 Å². The molecule has 0 aliphatic rings. The zero-order chi connectivity index (χ0) is 13.9. The van der Waals surface area contributed by atoms with E-state index >= 15 is 0 Å². The molecule has 0 unspecified atom stereocenters. The summed E-state index contributed by atoms with van der Waals surface area (Å²) in [6.07, 6.45) is 0. The summed E-state index contributed by atoms with van der Waals surface area (Å²) in [6.45, 7) is 5.39. The molecule has 2 N–H and O–H groups in total. The van der Waals surface area contributed by atoms with E-state index in [1.54, 1.807) is 31.1 Å². The number of hydrogen-bond donors (Lipinski definition) is 2. The lowest BCUT2D eigenvalue weighted by atomic mass is 10.0. The molecule has 0 spiro atoms. The second kappa shape index (κ2) is 5.35. The van der Waals surface area contributed by atoms with Gasteiger partial charge in [0.1, 0.15) is 5.82 Å². The number of nitrogens with one attached hydrogen (secondary N) is 1. The number of nitrogens with zero attached hydrogens (tertiary/aromatic N) is 2. The number of anilines is 1. The third-order valence-electron chi connectivity index (χ3n) is 3.06. The quantitative estimate of drug-likeness (QED) is 0.846. The Labute approximate surface area is 108 Å². The van der Waals surface area contributed by atoms with Gasteiger partial charge in [-0.05, 0) is 32.9 Å². The molecular weight excluding hydrogens is 230 g/mol. The van der Waals surface area contributed by atoms with Gasteiger partial charge in [0.05, 0.1) is 12.1 Å². The summed E-state index contributed by atoms with van der Waals surface area (Å²) in [5.74, 6) is 0.532. The Morgan fingerprint density at radius 1 is 1.50 bits per heavy atom. The number of pyridine rings is 1. The molecular formula is C13H21N3O2. The van der Waals surface area contributed by atoms with E-state index in [4.69, 9.17) is 0 Å². The minimum absolute atomic E-state index is 0.0851. The van der Waals surface area contributed by atoms with E-state index in [1.807, 2.05) is 20.8 Å². The molecule has 0 saturated heterocycles. The molecule has 1 amide bonds. The number of rotatable bonds is 4. The van der Waals surface area contributed by atoms with Gasteiger partial charge in [0.25, 0.3) is 5.91 Å². The molecule has 1 heterocycles. The maximum Gasteiger partial charge on any atom is 0.254 e. The molecule has 1 rings (SSSR count). The van der Waals surface area contributed by atoms with E-state index < -0.39 is 5.54 Å². The van der Waals surface area contributed by atoms with Crippen molar-refractivity contribution in [2.45, 2.75) is 26.3 Å². The number of amides is 1. The minimum Gasteiger partial charge on any atom is -0.394 e. The lowest BCUT2D eigenvalue weighted by Gasteiger charge is -2.34.